The van der Waals surface area contributed by atoms with Gasteiger partial charge in [-0.25, -0.2) is 4.57 Å². The van der Waals surface area contributed by atoms with E-state index in [1.807, 2.05) is 65.4 Å². The summed E-state index contributed by atoms with van der Waals surface area (Å²) in [4.78, 5) is 25.5. The number of carbonyl (C=O) groups is 2. The van der Waals surface area contributed by atoms with Crippen molar-refractivity contribution >= 4 is 23.3 Å². The van der Waals surface area contributed by atoms with Crippen molar-refractivity contribution in [3.05, 3.63) is 89.8 Å². The lowest BCUT2D eigenvalue weighted by molar-refractivity contribution is -0.674. The Kier molecular flexibility index (Phi) is 5.42. The first kappa shape index (κ1) is 21.9. The van der Waals surface area contributed by atoms with Crippen molar-refractivity contribution in [3.8, 4) is 11.1 Å². The van der Waals surface area contributed by atoms with E-state index in [1.165, 1.54) is 4.90 Å². The summed E-state index contributed by atoms with van der Waals surface area (Å²) < 4.78 is 1.98. The van der Waals surface area contributed by atoms with Crippen LogP contribution in [0.2, 0.25) is 0 Å². The van der Waals surface area contributed by atoms with Crippen LogP contribution in [0.4, 0.5) is 5.82 Å². The molecule has 1 saturated heterocycles. The number of nitrogens with two attached hydrogens (primary N) is 1. The van der Waals surface area contributed by atoms with Gasteiger partial charge in [-0.05, 0) is 47.2 Å². The summed E-state index contributed by atoms with van der Waals surface area (Å²) in [6.07, 6.45) is 1.51. The highest BCUT2D eigenvalue weighted by Gasteiger charge is 2.55. The Bertz CT molecular complexity index is 1300. The van der Waals surface area contributed by atoms with Crippen molar-refractivity contribution in [2.45, 2.75) is 32.0 Å². The van der Waals surface area contributed by atoms with Crippen molar-refractivity contribution in [2.24, 2.45) is 5.92 Å². The number of carbonyl (C=O) groups excluding carboxylic acids is 2. The van der Waals surface area contributed by atoms with Crippen LogP contribution in [0.5, 0.6) is 0 Å². The average molecular weight is 456 g/mol. The number of hydrogen-bond acceptors (Lipinski definition) is 5. The van der Waals surface area contributed by atoms with Gasteiger partial charge < -0.3 is 19.9 Å². The summed E-state index contributed by atoms with van der Waals surface area (Å²) >= 11 is 0. The van der Waals surface area contributed by atoms with E-state index in [1.54, 1.807) is 6.92 Å². The second-order valence-electron chi connectivity index (χ2n) is 8.89. The number of fused-ring (bicyclic) bond motifs is 1. The van der Waals surface area contributed by atoms with Gasteiger partial charge in [-0.2, -0.15) is 0 Å². The summed E-state index contributed by atoms with van der Waals surface area (Å²) in [6, 6.07) is 21.2. The van der Waals surface area contributed by atoms with Crippen LogP contribution in [0.25, 0.3) is 16.7 Å². The van der Waals surface area contributed by atoms with E-state index in [0.29, 0.717) is 24.4 Å². The first-order chi connectivity index (χ1) is 16.3. The number of aromatic nitrogens is 1. The number of carboxylic acid groups (broad SMARTS) is 1. The number of pyridine rings is 1. The molecule has 0 aliphatic carbocycles. The van der Waals surface area contributed by atoms with Crippen LogP contribution in [-0.4, -0.2) is 34.0 Å². The van der Waals surface area contributed by atoms with E-state index in [2.05, 4.69) is 12.1 Å². The predicted molar refractivity (Wildman–Crippen MR) is 124 cm³/mol. The lowest BCUT2D eigenvalue weighted by Crippen LogP contribution is -2.62. The van der Waals surface area contributed by atoms with E-state index < -0.39 is 18.0 Å². The molecule has 0 unspecified atom stereocenters. The summed E-state index contributed by atoms with van der Waals surface area (Å²) in [5.41, 5.74) is 10.4. The SMILES string of the molecule is C[C@@H](O)[C@H]1C(=O)N2C(C(=O)[O-])=C(c3ccc(-c4ccc(C[n+]5ccccc5N)cc4)cc3)C[C@H]12. The van der Waals surface area contributed by atoms with Crippen molar-refractivity contribution in [3.63, 3.8) is 0 Å². The van der Waals surface area contributed by atoms with Gasteiger partial charge in [-0.3, -0.25) is 10.5 Å². The van der Waals surface area contributed by atoms with Crippen LogP contribution in [0, 0.1) is 5.92 Å². The second-order valence-corrected chi connectivity index (χ2v) is 8.89. The van der Waals surface area contributed by atoms with Gasteiger partial charge in [0.05, 0.1) is 35.9 Å². The predicted octanol–water partition coefficient (Wildman–Crippen LogP) is 1.34. The van der Waals surface area contributed by atoms with Crippen LogP contribution in [0.15, 0.2) is 78.6 Å². The first-order valence-electron chi connectivity index (χ1n) is 11.2. The molecular weight excluding hydrogens is 430 g/mol. The van der Waals surface area contributed by atoms with Gasteiger partial charge in [0.2, 0.25) is 5.91 Å². The van der Waals surface area contributed by atoms with Gasteiger partial charge >= 0.3 is 0 Å². The Morgan fingerprint density at radius 1 is 1.09 bits per heavy atom. The molecule has 0 bridgehead atoms. The molecule has 3 aromatic rings. The number of benzene rings is 2. The zero-order valence-electron chi connectivity index (χ0n) is 18.7. The molecule has 2 aromatic carbocycles. The van der Waals surface area contributed by atoms with E-state index in [-0.39, 0.29) is 17.6 Å². The maximum absolute atomic E-state index is 12.4. The normalized spacial score (nSPS) is 20.2. The number of carboxylic acids is 1. The van der Waals surface area contributed by atoms with Crippen molar-refractivity contribution in [1.29, 1.82) is 0 Å². The third-order valence-corrected chi connectivity index (χ3v) is 6.77. The summed E-state index contributed by atoms with van der Waals surface area (Å²) in [5, 5.41) is 21.7. The summed E-state index contributed by atoms with van der Waals surface area (Å²) in [5.74, 6) is -1.60. The molecule has 0 spiro atoms. The van der Waals surface area contributed by atoms with E-state index >= 15 is 0 Å². The van der Waals surface area contributed by atoms with Crippen LogP contribution < -0.4 is 15.4 Å². The Morgan fingerprint density at radius 3 is 2.29 bits per heavy atom. The molecule has 7 heteroatoms. The highest BCUT2D eigenvalue weighted by Crippen LogP contribution is 2.46. The number of amides is 1. The molecule has 0 radical (unpaired) electrons. The van der Waals surface area contributed by atoms with E-state index in [0.717, 1.165) is 22.3 Å². The van der Waals surface area contributed by atoms with Crippen molar-refractivity contribution in [2.75, 3.05) is 5.73 Å². The number of β-lactam (4-membered cyclic amide) rings is 1. The molecule has 0 saturated carbocycles. The number of nitrogen functional groups attached to an aromatic ring is 1. The van der Waals surface area contributed by atoms with Crippen LogP contribution in [0.1, 0.15) is 24.5 Å². The van der Waals surface area contributed by atoms with Crippen LogP contribution in [0.3, 0.4) is 0 Å². The molecule has 7 nitrogen and oxygen atoms in total. The van der Waals surface area contributed by atoms with Gasteiger partial charge in [0.1, 0.15) is 6.54 Å². The Morgan fingerprint density at radius 2 is 1.71 bits per heavy atom. The standard InChI is InChI=1S/C27H25N3O4/c1-16(31)24-22-14-21(25(27(33)34)30(22)26(24)32)20-11-9-19(10-12-20)18-7-5-17(6-8-18)15-29-13-3-2-4-23(29)28/h2-13,16,22,24,28,31H,14-15H2,1H3,(H,33,34)/t16-,22-,24-/m1/s1. The number of nitrogens with zero attached hydrogens (tertiary/aromatic N) is 2. The molecular formula is C27H25N3O4. The van der Waals surface area contributed by atoms with Crippen molar-refractivity contribution < 1.29 is 24.4 Å². The fraction of sp³-hybridized carbons (Fsp3) is 0.222. The third kappa shape index (κ3) is 3.64. The fourth-order valence-corrected chi connectivity index (χ4v) is 5.01. The number of aliphatic hydroxyl groups excluding tert-OH is 1. The molecule has 2 aliphatic heterocycles. The van der Waals surface area contributed by atoms with Crippen molar-refractivity contribution in [1.82, 2.24) is 4.90 Å². The maximum atomic E-state index is 12.4. The zero-order valence-corrected chi connectivity index (χ0v) is 18.7. The first-order valence-corrected chi connectivity index (χ1v) is 11.2. The molecule has 2 aliphatic rings. The quantitative estimate of drug-likeness (QED) is 0.431. The van der Waals surface area contributed by atoms with Gasteiger partial charge in [0, 0.05) is 6.07 Å². The van der Waals surface area contributed by atoms with Crippen LogP contribution in [-0.2, 0) is 16.1 Å². The molecule has 34 heavy (non-hydrogen) atoms. The smallest absolute Gasteiger partial charge is 0.272 e. The van der Waals surface area contributed by atoms with Gasteiger partial charge in [-0.1, -0.05) is 54.6 Å². The molecule has 3 atom stereocenters. The third-order valence-electron chi connectivity index (χ3n) is 6.77. The lowest BCUT2D eigenvalue weighted by Gasteiger charge is -2.45. The van der Waals surface area contributed by atoms with Gasteiger partial charge in [-0.15, -0.1) is 0 Å². The molecule has 172 valence electrons. The van der Waals surface area contributed by atoms with E-state index in [9.17, 15) is 19.8 Å². The minimum absolute atomic E-state index is 0.0818. The van der Waals surface area contributed by atoms with Crippen LogP contribution >= 0.6 is 0 Å². The minimum atomic E-state index is -1.37. The molecule has 1 aromatic heterocycles. The molecule has 5 rings (SSSR count). The monoisotopic (exact) mass is 455 g/mol. The topological polar surface area (TPSA) is 111 Å². The fourth-order valence-electron chi connectivity index (χ4n) is 5.01. The zero-order chi connectivity index (χ0) is 24.0. The Hall–Kier alpha value is -3.97. The van der Waals surface area contributed by atoms with Gasteiger partial charge in [0.25, 0.3) is 5.82 Å². The maximum Gasteiger partial charge on any atom is 0.272 e. The minimum Gasteiger partial charge on any atom is -0.543 e. The molecule has 3 heterocycles. The Balaban J connectivity index is 1.36. The highest BCUT2D eigenvalue weighted by molar-refractivity contribution is 6.05. The summed E-state index contributed by atoms with van der Waals surface area (Å²) in [7, 11) is 0. The highest BCUT2D eigenvalue weighted by atomic mass is 16.4. The second kappa shape index (κ2) is 8.43. The number of rotatable bonds is 6. The van der Waals surface area contributed by atoms with Gasteiger partial charge in [0.15, 0.2) is 0 Å². The molecule has 1 amide bonds. The summed E-state index contributed by atoms with van der Waals surface area (Å²) in [6.45, 7) is 2.24. The van der Waals surface area contributed by atoms with E-state index in [4.69, 9.17) is 5.73 Å². The number of hydrogen-bond donors (Lipinski definition) is 2. The largest absolute Gasteiger partial charge is 0.543 e. The molecule has 3 N–H and O–H groups in total. The number of anilines is 1. The average Bonchev–Trinajstić information content (AvgIpc) is 3.16. The lowest BCUT2D eigenvalue weighted by atomic mass is 9.82. The number of aliphatic hydroxyl groups is 1. The molecule has 1 fully saturated rings. The number of aliphatic carboxylic acids is 1. The Labute approximate surface area is 197 Å².